The summed E-state index contributed by atoms with van der Waals surface area (Å²) in [6.45, 7) is 4.48. The third-order valence-corrected chi connectivity index (χ3v) is 4.34. The Kier molecular flexibility index (Phi) is 3.96. The Labute approximate surface area is 111 Å². The fourth-order valence-corrected chi connectivity index (χ4v) is 3.09. The van der Waals surface area contributed by atoms with Crippen LogP contribution in [-0.4, -0.2) is 14.2 Å². The molecular formula is C16H25NO. The van der Waals surface area contributed by atoms with Crippen LogP contribution < -0.4 is 10.1 Å². The molecule has 1 aliphatic rings. The number of nitrogens with one attached hydrogen (secondary N) is 1. The lowest BCUT2D eigenvalue weighted by atomic mass is 9.85. The predicted octanol–water partition coefficient (Wildman–Crippen LogP) is 3.81. The smallest absolute Gasteiger partial charge is 0.123 e. The molecule has 0 heterocycles. The van der Waals surface area contributed by atoms with Gasteiger partial charge in [-0.2, -0.15) is 0 Å². The van der Waals surface area contributed by atoms with Crippen LogP contribution in [0, 0.1) is 0 Å². The Hall–Kier alpha value is -1.02. The Morgan fingerprint density at radius 3 is 2.39 bits per heavy atom. The minimum atomic E-state index is 0.121. The van der Waals surface area contributed by atoms with Gasteiger partial charge < -0.3 is 10.1 Å². The van der Waals surface area contributed by atoms with Crippen molar-refractivity contribution in [1.29, 1.82) is 0 Å². The lowest BCUT2D eigenvalue weighted by Gasteiger charge is -2.31. The van der Waals surface area contributed by atoms with Gasteiger partial charge in [-0.05, 0) is 43.5 Å². The fraction of sp³-hybridized carbons (Fsp3) is 0.625. The first-order valence-electron chi connectivity index (χ1n) is 7.00. The van der Waals surface area contributed by atoms with Gasteiger partial charge in [0.05, 0.1) is 7.11 Å². The molecule has 100 valence electrons. The van der Waals surface area contributed by atoms with E-state index in [1.165, 1.54) is 36.8 Å². The molecule has 1 N–H and O–H groups in total. The maximum atomic E-state index is 5.58. The van der Waals surface area contributed by atoms with E-state index in [-0.39, 0.29) is 5.54 Å². The molecule has 2 rings (SSSR count). The first kappa shape index (κ1) is 13.4. The molecule has 0 radical (unpaired) electrons. The van der Waals surface area contributed by atoms with E-state index in [1.807, 2.05) is 0 Å². The van der Waals surface area contributed by atoms with Crippen LogP contribution in [0.1, 0.15) is 56.6 Å². The standard InChI is InChI=1S/C16H25NO/c1-12(2)13-7-8-15(18-4)14(11-13)16(17-3)9-5-6-10-16/h7-8,11-12,17H,5-6,9-10H2,1-4H3. The summed E-state index contributed by atoms with van der Waals surface area (Å²) < 4.78 is 5.58. The molecule has 0 saturated heterocycles. The van der Waals surface area contributed by atoms with Gasteiger partial charge in [-0.1, -0.05) is 32.8 Å². The summed E-state index contributed by atoms with van der Waals surface area (Å²) in [5.74, 6) is 1.58. The molecule has 0 atom stereocenters. The molecule has 1 aliphatic carbocycles. The highest BCUT2D eigenvalue weighted by atomic mass is 16.5. The molecule has 0 aromatic heterocycles. The van der Waals surface area contributed by atoms with Crippen molar-refractivity contribution in [2.24, 2.45) is 0 Å². The zero-order chi connectivity index (χ0) is 13.2. The fourth-order valence-electron chi connectivity index (χ4n) is 3.09. The van der Waals surface area contributed by atoms with Crippen LogP contribution in [-0.2, 0) is 5.54 Å². The van der Waals surface area contributed by atoms with E-state index in [2.05, 4.69) is 44.4 Å². The summed E-state index contributed by atoms with van der Waals surface area (Å²) in [5.41, 5.74) is 2.86. The van der Waals surface area contributed by atoms with Crippen LogP contribution >= 0.6 is 0 Å². The molecule has 1 aromatic carbocycles. The number of methoxy groups -OCH3 is 1. The zero-order valence-corrected chi connectivity index (χ0v) is 12.0. The van der Waals surface area contributed by atoms with Gasteiger partial charge in [0, 0.05) is 11.1 Å². The summed E-state index contributed by atoms with van der Waals surface area (Å²) in [4.78, 5) is 0. The van der Waals surface area contributed by atoms with Crippen molar-refractivity contribution in [3.05, 3.63) is 29.3 Å². The highest BCUT2D eigenvalue weighted by Crippen LogP contribution is 2.43. The average Bonchev–Trinajstić information content (AvgIpc) is 2.87. The van der Waals surface area contributed by atoms with Crippen molar-refractivity contribution in [2.45, 2.75) is 51.0 Å². The van der Waals surface area contributed by atoms with Crippen molar-refractivity contribution in [2.75, 3.05) is 14.2 Å². The number of hydrogen-bond donors (Lipinski definition) is 1. The summed E-state index contributed by atoms with van der Waals surface area (Å²) in [6.07, 6.45) is 5.02. The molecule has 0 amide bonds. The van der Waals surface area contributed by atoms with Gasteiger partial charge >= 0.3 is 0 Å². The van der Waals surface area contributed by atoms with Gasteiger partial charge in [-0.15, -0.1) is 0 Å². The maximum absolute atomic E-state index is 5.58. The minimum absolute atomic E-state index is 0.121. The van der Waals surface area contributed by atoms with Gasteiger partial charge in [0.1, 0.15) is 5.75 Å². The van der Waals surface area contributed by atoms with Crippen LogP contribution in [0.5, 0.6) is 5.75 Å². The molecular weight excluding hydrogens is 222 g/mol. The van der Waals surface area contributed by atoms with Gasteiger partial charge in [-0.25, -0.2) is 0 Å². The van der Waals surface area contributed by atoms with Crippen LogP contribution in [0.25, 0.3) is 0 Å². The maximum Gasteiger partial charge on any atom is 0.123 e. The molecule has 0 aliphatic heterocycles. The second kappa shape index (κ2) is 5.31. The third-order valence-electron chi connectivity index (χ3n) is 4.34. The van der Waals surface area contributed by atoms with E-state index < -0.39 is 0 Å². The van der Waals surface area contributed by atoms with Crippen molar-refractivity contribution < 1.29 is 4.74 Å². The van der Waals surface area contributed by atoms with Gasteiger partial charge in [-0.3, -0.25) is 0 Å². The van der Waals surface area contributed by atoms with Gasteiger partial charge in [0.15, 0.2) is 0 Å². The summed E-state index contributed by atoms with van der Waals surface area (Å²) in [6, 6.07) is 6.65. The molecule has 2 nitrogen and oxygen atoms in total. The number of ether oxygens (including phenoxy) is 1. The van der Waals surface area contributed by atoms with Crippen LogP contribution in [0.15, 0.2) is 18.2 Å². The number of hydrogen-bond acceptors (Lipinski definition) is 2. The lowest BCUT2D eigenvalue weighted by molar-refractivity contribution is 0.339. The summed E-state index contributed by atoms with van der Waals surface area (Å²) in [5, 5.41) is 3.55. The van der Waals surface area contributed by atoms with Crippen molar-refractivity contribution >= 4 is 0 Å². The highest BCUT2D eigenvalue weighted by molar-refractivity contribution is 5.43. The molecule has 18 heavy (non-hydrogen) atoms. The number of rotatable bonds is 4. The summed E-state index contributed by atoms with van der Waals surface area (Å²) in [7, 11) is 3.85. The Morgan fingerprint density at radius 1 is 1.22 bits per heavy atom. The van der Waals surface area contributed by atoms with E-state index in [4.69, 9.17) is 4.74 Å². The van der Waals surface area contributed by atoms with E-state index in [0.717, 1.165) is 5.75 Å². The third kappa shape index (κ3) is 2.26. The lowest BCUT2D eigenvalue weighted by Crippen LogP contribution is -2.37. The van der Waals surface area contributed by atoms with E-state index in [1.54, 1.807) is 7.11 Å². The number of benzene rings is 1. The Bertz CT molecular complexity index is 406. The molecule has 1 aromatic rings. The first-order valence-corrected chi connectivity index (χ1v) is 7.00. The van der Waals surface area contributed by atoms with Gasteiger partial charge in [0.25, 0.3) is 0 Å². The van der Waals surface area contributed by atoms with Crippen LogP contribution in [0.3, 0.4) is 0 Å². The molecule has 1 saturated carbocycles. The van der Waals surface area contributed by atoms with E-state index in [9.17, 15) is 0 Å². The summed E-state index contributed by atoms with van der Waals surface area (Å²) >= 11 is 0. The minimum Gasteiger partial charge on any atom is -0.496 e. The second-order valence-corrected chi connectivity index (χ2v) is 5.65. The predicted molar refractivity (Wildman–Crippen MR) is 76.3 cm³/mol. The molecule has 1 fully saturated rings. The second-order valence-electron chi connectivity index (χ2n) is 5.65. The van der Waals surface area contributed by atoms with Crippen molar-refractivity contribution in [3.63, 3.8) is 0 Å². The topological polar surface area (TPSA) is 21.3 Å². The van der Waals surface area contributed by atoms with Gasteiger partial charge in [0.2, 0.25) is 0 Å². The Morgan fingerprint density at radius 2 is 1.89 bits per heavy atom. The van der Waals surface area contributed by atoms with Crippen LogP contribution in [0.4, 0.5) is 0 Å². The Balaban J connectivity index is 2.48. The molecule has 0 bridgehead atoms. The molecule has 0 unspecified atom stereocenters. The van der Waals surface area contributed by atoms with Crippen LogP contribution in [0.2, 0.25) is 0 Å². The monoisotopic (exact) mass is 247 g/mol. The molecule has 0 spiro atoms. The quantitative estimate of drug-likeness (QED) is 0.873. The largest absolute Gasteiger partial charge is 0.496 e. The molecule has 2 heteroatoms. The van der Waals surface area contributed by atoms with E-state index >= 15 is 0 Å². The van der Waals surface area contributed by atoms with Crippen molar-refractivity contribution in [1.82, 2.24) is 5.32 Å². The van der Waals surface area contributed by atoms with E-state index in [0.29, 0.717) is 5.92 Å². The average molecular weight is 247 g/mol. The van der Waals surface area contributed by atoms with Crippen molar-refractivity contribution in [3.8, 4) is 5.75 Å². The highest BCUT2D eigenvalue weighted by Gasteiger charge is 2.36. The first-order chi connectivity index (χ1) is 8.63. The zero-order valence-electron chi connectivity index (χ0n) is 12.0. The SMILES string of the molecule is CNC1(c2cc(C(C)C)ccc2OC)CCCC1. The normalized spacial score (nSPS) is 18.3.